The number of hydrogen-bond donors (Lipinski definition) is 2. The minimum atomic E-state index is -4.28. The van der Waals surface area contributed by atoms with Crippen molar-refractivity contribution < 1.29 is 28.3 Å². The molecule has 0 unspecified atom stereocenters. The summed E-state index contributed by atoms with van der Waals surface area (Å²) in [7, 11) is 4.46. The van der Waals surface area contributed by atoms with Crippen LogP contribution in [0.4, 0.5) is 8.78 Å². The van der Waals surface area contributed by atoms with Crippen LogP contribution in [-0.4, -0.2) is 119 Å². The van der Waals surface area contributed by atoms with Crippen molar-refractivity contribution in [2.24, 2.45) is 10.1 Å². The molecule has 2 amide bonds. The number of halogens is 2. The number of carbonyl (C=O) groups excluding carboxylic acids is 3. The first kappa shape index (κ1) is 29.1. The molecule has 13 nitrogen and oxygen atoms in total. The van der Waals surface area contributed by atoms with Crippen LogP contribution in [0.1, 0.15) is 29.5 Å². The highest BCUT2D eigenvalue weighted by Crippen LogP contribution is 2.26. The van der Waals surface area contributed by atoms with E-state index < -0.39 is 24.1 Å². The van der Waals surface area contributed by atoms with E-state index in [-0.39, 0.29) is 66.4 Å². The monoisotopic (exact) mass is 523 g/mol. The fourth-order valence-electron chi connectivity index (χ4n) is 3.57. The largest absolute Gasteiger partial charge is 0.504 e. The standard InChI is InChI=1S/C22H31F2N9O4/c1-7-15(25-3)17(20(37)33(22(23,24)12-34)29-21(26-4)30(5)6)31-8-10-32(11-9-31)19(36)16-18(35)14(2)27-13-28-16/h12-13,25,35H,4,7-11H2,1-3,5-6H3/b17-15+,29-21+. The maximum atomic E-state index is 14.7. The van der Waals surface area contributed by atoms with Gasteiger partial charge >= 0.3 is 6.05 Å². The number of hydrazone groups is 1. The Hall–Kier alpha value is -4.17. The summed E-state index contributed by atoms with van der Waals surface area (Å²) >= 11 is 0. The van der Waals surface area contributed by atoms with Crippen LogP contribution in [0.5, 0.6) is 5.75 Å². The molecule has 0 aliphatic carbocycles. The second-order valence-electron chi connectivity index (χ2n) is 8.14. The van der Waals surface area contributed by atoms with Crippen LogP contribution in [0.3, 0.4) is 0 Å². The molecule has 1 saturated heterocycles. The molecule has 1 aliphatic rings. The van der Waals surface area contributed by atoms with Gasteiger partial charge in [-0.2, -0.15) is 13.8 Å². The zero-order valence-corrected chi connectivity index (χ0v) is 21.4. The number of aliphatic imine (C=N–C) groups is 1. The number of aromatic nitrogens is 2. The number of hydrogen-bond acceptors (Lipinski definition) is 9. The molecule has 202 valence electrons. The molecule has 1 fully saturated rings. The Labute approximate surface area is 213 Å². The molecule has 0 aromatic carbocycles. The first-order valence-electron chi connectivity index (χ1n) is 11.3. The van der Waals surface area contributed by atoms with E-state index in [9.17, 15) is 28.3 Å². The minimum absolute atomic E-state index is 0.0906. The molecule has 2 rings (SSSR count). The van der Waals surface area contributed by atoms with Crippen LogP contribution in [0.15, 0.2) is 27.8 Å². The Kier molecular flexibility index (Phi) is 9.57. The molecule has 0 saturated carbocycles. The topological polar surface area (TPSA) is 147 Å². The molecule has 1 aliphatic heterocycles. The van der Waals surface area contributed by atoms with E-state index in [0.717, 1.165) is 0 Å². The van der Waals surface area contributed by atoms with Crippen molar-refractivity contribution in [3.8, 4) is 5.75 Å². The molecule has 1 aromatic heterocycles. The maximum Gasteiger partial charge on any atom is 0.403 e. The van der Waals surface area contributed by atoms with Crippen LogP contribution < -0.4 is 5.32 Å². The van der Waals surface area contributed by atoms with Crippen molar-refractivity contribution in [1.29, 1.82) is 0 Å². The van der Waals surface area contributed by atoms with E-state index in [4.69, 9.17) is 0 Å². The lowest BCUT2D eigenvalue weighted by Gasteiger charge is -2.38. The quantitative estimate of drug-likeness (QED) is 0.122. The second-order valence-corrected chi connectivity index (χ2v) is 8.14. The molecule has 1 aromatic rings. The van der Waals surface area contributed by atoms with Crippen molar-refractivity contribution in [3.63, 3.8) is 0 Å². The van der Waals surface area contributed by atoms with Gasteiger partial charge in [-0.25, -0.2) is 15.0 Å². The zero-order chi connectivity index (χ0) is 27.9. The summed E-state index contributed by atoms with van der Waals surface area (Å²) in [6, 6.07) is -4.28. The number of carbonyl (C=O) groups is 3. The van der Waals surface area contributed by atoms with Gasteiger partial charge in [-0.05, 0) is 20.1 Å². The van der Waals surface area contributed by atoms with E-state index in [1.54, 1.807) is 6.92 Å². The number of aryl methyl sites for hydroxylation is 1. The third-order valence-corrected chi connectivity index (χ3v) is 5.58. The highest BCUT2D eigenvalue weighted by Gasteiger charge is 2.45. The third-order valence-electron chi connectivity index (χ3n) is 5.58. The highest BCUT2D eigenvalue weighted by atomic mass is 19.3. The summed E-state index contributed by atoms with van der Waals surface area (Å²) in [6.07, 6.45) is 0.760. The van der Waals surface area contributed by atoms with Gasteiger partial charge in [-0.15, -0.1) is 5.10 Å². The molecular formula is C22H31F2N9O4. The SMILES string of the molecule is C=N/C(=N\N(C(=O)/C(=C(/CC)NC)N1CCN(C(=O)c2ncnc(C)c2O)CC1)C(F)(F)C=O)N(C)C. The predicted molar refractivity (Wildman–Crippen MR) is 131 cm³/mol. The lowest BCUT2D eigenvalue weighted by Crippen LogP contribution is -2.53. The summed E-state index contributed by atoms with van der Waals surface area (Å²) < 4.78 is 29.3. The van der Waals surface area contributed by atoms with Crippen molar-refractivity contribution in [3.05, 3.63) is 29.1 Å². The average molecular weight is 524 g/mol. The summed E-state index contributed by atoms with van der Waals surface area (Å²) in [5.74, 6) is -2.41. The normalized spacial score (nSPS) is 15.1. The average Bonchev–Trinajstić information content (AvgIpc) is 2.88. The van der Waals surface area contributed by atoms with E-state index in [1.807, 2.05) is 0 Å². The molecule has 0 radical (unpaired) electrons. The van der Waals surface area contributed by atoms with Gasteiger partial charge in [0.25, 0.3) is 11.8 Å². The fraction of sp³-hybridized carbons (Fsp3) is 0.500. The number of rotatable bonds is 8. The number of aromatic hydroxyl groups is 1. The van der Waals surface area contributed by atoms with Crippen molar-refractivity contribution in [2.75, 3.05) is 47.3 Å². The Bertz CT molecular complexity index is 1090. The van der Waals surface area contributed by atoms with Crippen LogP contribution in [0.2, 0.25) is 0 Å². The second kappa shape index (κ2) is 12.2. The van der Waals surface area contributed by atoms with E-state index in [0.29, 0.717) is 5.70 Å². The van der Waals surface area contributed by atoms with Crippen molar-refractivity contribution in [1.82, 2.24) is 35.0 Å². The number of nitrogens with one attached hydrogen (secondary N) is 1. The van der Waals surface area contributed by atoms with Crippen molar-refractivity contribution >= 4 is 30.8 Å². The first-order valence-corrected chi connectivity index (χ1v) is 11.3. The van der Waals surface area contributed by atoms with Gasteiger partial charge < -0.3 is 25.1 Å². The molecule has 37 heavy (non-hydrogen) atoms. The Morgan fingerprint density at radius 2 is 1.84 bits per heavy atom. The number of guanidine groups is 1. The van der Waals surface area contributed by atoms with Gasteiger partial charge in [-0.3, -0.25) is 14.4 Å². The van der Waals surface area contributed by atoms with E-state index in [2.05, 4.69) is 32.1 Å². The van der Waals surface area contributed by atoms with E-state index >= 15 is 0 Å². The van der Waals surface area contributed by atoms with Gasteiger partial charge in [0.2, 0.25) is 12.2 Å². The fourth-order valence-corrected chi connectivity index (χ4v) is 3.57. The number of alkyl halides is 2. The summed E-state index contributed by atoms with van der Waals surface area (Å²) in [6.45, 7) is 6.91. The maximum absolute atomic E-state index is 14.7. The number of nitrogens with zero attached hydrogens (tertiary/aromatic N) is 8. The first-order chi connectivity index (χ1) is 17.4. The predicted octanol–water partition coefficient (Wildman–Crippen LogP) is 0.243. The van der Waals surface area contributed by atoms with Crippen LogP contribution in [0.25, 0.3) is 0 Å². The molecule has 2 N–H and O–H groups in total. The number of piperazine rings is 1. The Balaban J connectivity index is 2.42. The van der Waals surface area contributed by atoms with Gasteiger partial charge in [-0.1, -0.05) is 6.92 Å². The van der Waals surface area contributed by atoms with Crippen LogP contribution in [-0.2, 0) is 9.59 Å². The van der Waals surface area contributed by atoms with Gasteiger partial charge in [0.1, 0.15) is 12.0 Å². The molecule has 2 heterocycles. The van der Waals surface area contributed by atoms with Gasteiger partial charge in [0.15, 0.2) is 11.4 Å². The number of allylic oxidation sites excluding steroid dienone is 1. The molecule has 0 atom stereocenters. The molecule has 0 spiro atoms. The lowest BCUT2D eigenvalue weighted by molar-refractivity contribution is -0.174. The smallest absolute Gasteiger partial charge is 0.403 e. The highest BCUT2D eigenvalue weighted by molar-refractivity contribution is 5.97. The number of aldehydes is 1. The van der Waals surface area contributed by atoms with Crippen LogP contribution >= 0.6 is 0 Å². The van der Waals surface area contributed by atoms with Gasteiger partial charge in [0.05, 0.1) is 5.69 Å². The molecular weight excluding hydrogens is 492 g/mol. The Morgan fingerprint density at radius 3 is 2.32 bits per heavy atom. The Morgan fingerprint density at radius 1 is 1.24 bits per heavy atom. The lowest BCUT2D eigenvalue weighted by atomic mass is 10.1. The minimum Gasteiger partial charge on any atom is -0.504 e. The molecule has 15 heteroatoms. The van der Waals surface area contributed by atoms with Gasteiger partial charge in [0, 0.05) is 53.0 Å². The summed E-state index contributed by atoms with van der Waals surface area (Å²) in [5.41, 5.74) is 0.285. The zero-order valence-electron chi connectivity index (χ0n) is 21.4. The third kappa shape index (κ3) is 6.34. The van der Waals surface area contributed by atoms with Crippen molar-refractivity contribution in [2.45, 2.75) is 26.3 Å². The van der Waals surface area contributed by atoms with Crippen LogP contribution in [0, 0.1) is 6.92 Å². The summed E-state index contributed by atoms with van der Waals surface area (Å²) in [4.78, 5) is 53.1. The molecule has 0 bridgehead atoms. The number of amides is 2. The van der Waals surface area contributed by atoms with E-state index in [1.165, 1.54) is 49.1 Å². The summed E-state index contributed by atoms with van der Waals surface area (Å²) in [5, 5.41) is 16.4.